The number of benzene rings is 1. The molecule has 1 aliphatic rings. The van der Waals surface area contributed by atoms with E-state index in [4.69, 9.17) is 0 Å². The molecule has 0 unspecified atom stereocenters. The zero-order chi connectivity index (χ0) is 16.9. The molecule has 24 heavy (non-hydrogen) atoms. The van der Waals surface area contributed by atoms with Gasteiger partial charge in [0.05, 0.1) is 11.7 Å². The lowest BCUT2D eigenvalue weighted by Gasteiger charge is -2.33. The van der Waals surface area contributed by atoms with Crippen LogP contribution in [0.1, 0.15) is 31.4 Å². The Bertz CT molecular complexity index is 671. The first-order valence-electron chi connectivity index (χ1n) is 8.44. The van der Waals surface area contributed by atoms with Gasteiger partial charge in [0.1, 0.15) is 0 Å². The van der Waals surface area contributed by atoms with Crippen molar-refractivity contribution in [1.82, 2.24) is 20.0 Å². The molecule has 0 spiro atoms. The number of urea groups is 1. The van der Waals surface area contributed by atoms with Gasteiger partial charge >= 0.3 is 6.03 Å². The Morgan fingerprint density at radius 2 is 2.25 bits per heavy atom. The van der Waals surface area contributed by atoms with Crippen LogP contribution in [0.3, 0.4) is 0 Å². The molecule has 1 aliphatic heterocycles. The van der Waals surface area contributed by atoms with Crippen molar-refractivity contribution in [1.29, 1.82) is 0 Å². The van der Waals surface area contributed by atoms with E-state index >= 15 is 0 Å². The van der Waals surface area contributed by atoms with Crippen LogP contribution in [0, 0.1) is 5.92 Å². The Morgan fingerprint density at radius 1 is 1.42 bits per heavy atom. The van der Waals surface area contributed by atoms with Crippen molar-refractivity contribution in [3.8, 4) is 5.69 Å². The Balaban J connectivity index is 1.71. The van der Waals surface area contributed by atoms with E-state index < -0.39 is 0 Å². The van der Waals surface area contributed by atoms with E-state index in [-0.39, 0.29) is 24.6 Å². The number of amides is 2. The average Bonchev–Trinajstić information content (AvgIpc) is 3.16. The van der Waals surface area contributed by atoms with Crippen molar-refractivity contribution in [2.24, 2.45) is 5.92 Å². The van der Waals surface area contributed by atoms with Crippen molar-refractivity contribution in [2.75, 3.05) is 19.7 Å². The third kappa shape index (κ3) is 3.59. The van der Waals surface area contributed by atoms with E-state index in [2.05, 4.69) is 10.4 Å². The molecule has 2 aromatic rings. The minimum atomic E-state index is -0.132. The zero-order valence-corrected chi connectivity index (χ0v) is 13.9. The van der Waals surface area contributed by atoms with E-state index in [0.29, 0.717) is 6.54 Å². The van der Waals surface area contributed by atoms with E-state index in [9.17, 15) is 9.90 Å². The predicted octanol–water partition coefficient (Wildman–Crippen LogP) is 2.35. The standard InChI is InChI=1S/C18H24N4O2/c1-14(20-18(24)21-10-4-6-15(12-21)13-23)16-7-2-3-8-17(16)22-11-5-9-19-22/h2-3,5,7-9,11,14-15,23H,4,6,10,12-13H2,1H3,(H,20,24)/t14-,15+/m1/s1. The van der Waals surface area contributed by atoms with Gasteiger partial charge in [-0.15, -0.1) is 0 Å². The number of para-hydroxylation sites is 1. The highest BCUT2D eigenvalue weighted by molar-refractivity contribution is 5.75. The Hall–Kier alpha value is -2.34. The normalized spacial score (nSPS) is 19.1. The smallest absolute Gasteiger partial charge is 0.317 e. The summed E-state index contributed by atoms with van der Waals surface area (Å²) in [5.41, 5.74) is 1.98. The largest absolute Gasteiger partial charge is 0.396 e. The van der Waals surface area contributed by atoms with Crippen molar-refractivity contribution >= 4 is 6.03 Å². The van der Waals surface area contributed by atoms with Gasteiger partial charge in [-0.2, -0.15) is 5.10 Å². The molecule has 2 atom stereocenters. The van der Waals surface area contributed by atoms with Gasteiger partial charge in [-0.05, 0) is 43.4 Å². The second kappa shape index (κ2) is 7.49. The molecule has 2 N–H and O–H groups in total. The van der Waals surface area contributed by atoms with Gasteiger partial charge in [0.2, 0.25) is 0 Å². The zero-order valence-electron chi connectivity index (χ0n) is 13.9. The second-order valence-corrected chi connectivity index (χ2v) is 6.32. The van der Waals surface area contributed by atoms with Crippen molar-refractivity contribution in [3.05, 3.63) is 48.3 Å². The number of aromatic nitrogens is 2. The van der Waals surface area contributed by atoms with Crippen LogP contribution in [0.15, 0.2) is 42.7 Å². The molecular weight excluding hydrogens is 304 g/mol. The van der Waals surface area contributed by atoms with Crippen LogP contribution in [-0.2, 0) is 0 Å². The summed E-state index contributed by atoms with van der Waals surface area (Å²) in [6.45, 7) is 3.49. The van der Waals surface area contributed by atoms with Gasteiger partial charge in [-0.1, -0.05) is 18.2 Å². The number of likely N-dealkylation sites (tertiary alicyclic amines) is 1. The summed E-state index contributed by atoms with van der Waals surface area (Å²) in [5.74, 6) is 0.191. The molecule has 1 aromatic heterocycles. The van der Waals surface area contributed by atoms with Gasteiger partial charge < -0.3 is 15.3 Å². The predicted molar refractivity (Wildman–Crippen MR) is 91.9 cm³/mol. The summed E-state index contributed by atoms with van der Waals surface area (Å²) in [5, 5.41) is 16.7. The molecule has 0 radical (unpaired) electrons. The van der Waals surface area contributed by atoms with Crippen LogP contribution >= 0.6 is 0 Å². The first kappa shape index (κ1) is 16.5. The second-order valence-electron chi connectivity index (χ2n) is 6.32. The Kier molecular flexibility index (Phi) is 5.15. The Morgan fingerprint density at radius 3 is 3.00 bits per heavy atom. The molecule has 2 heterocycles. The fourth-order valence-corrected chi connectivity index (χ4v) is 3.23. The first-order valence-corrected chi connectivity index (χ1v) is 8.44. The number of hydrogen-bond acceptors (Lipinski definition) is 3. The van der Waals surface area contributed by atoms with E-state index in [1.165, 1.54) is 0 Å². The molecule has 6 heteroatoms. The molecule has 1 saturated heterocycles. The SMILES string of the molecule is C[C@@H](NC(=O)N1CCC[C@H](CO)C1)c1ccccc1-n1cccn1. The lowest BCUT2D eigenvalue weighted by molar-refractivity contribution is 0.128. The molecule has 128 valence electrons. The van der Waals surface area contributed by atoms with Crippen molar-refractivity contribution in [3.63, 3.8) is 0 Å². The van der Waals surface area contributed by atoms with Crippen LogP contribution in [0.2, 0.25) is 0 Å². The van der Waals surface area contributed by atoms with E-state index in [1.807, 2.05) is 43.5 Å². The van der Waals surface area contributed by atoms with Gasteiger partial charge in [0.15, 0.2) is 0 Å². The number of piperidine rings is 1. The fraction of sp³-hybridized carbons (Fsp3) is 0.444. The van der Waals surface area contributed by atoms with Gasteiger partial charge in [0, 0.05) is 32.1 Å². The summed E-state index contributed by atoms with van der Waals surface area (Å²) in [4.78, 5) is 14.4. The van der Waals surface area contributed by atoms with Gasteiger partial charge in [-0.3, -0.25) is 0 Å². The first-order chi connectivity index (χ1) is 11.7. The summed E-state index contributed by atoms with van der Waals surface area (Å²) in [6, 6.07) is 9.60. The highest BCUT2D eigenvalue weighted by atomic mass is 16.3. The van der Waals surface area contributed by atoms with E-state index in [1.54, 1.807) is 15.8 Å². The molecule has 0 bridgehead atoms. The molecule has 0 saturated carbocycles. The molecule has 1 aromatic carbocycles. The van der Waals surface area contributed by atoms with Crippen LogP contribution in [0.4, 0.5) is 4.79 Å². The molecule has 3 rings (SSSR count). The molecular formula is C18H24N4O2. The summed E-state index contributed by atoms with van der Waals surface area (Å²) < 4.78 is 1.81. The van der Waals surface area contributed by atoms with Crippen LogP contribution in [0.25, 0.3) is 5.69 Å². The number of carbonyl (C=O) groups excluding carboxylic acids is 1. The lowest BCUT2D eigenvalue weighted by Crippen LogP contribution is -2.46. The summed E-state index contributed by atoms with van der Waals surface area (Å²) in [7, 11) is 0. The third-order valence-corrected chi connectivity index (χ3v) is 4.56. The Labute approximate surface area is 142 Å². The van der Waals surface area contributed by atoms with Gasteiger partial charge in [0.25, 0.3) is 0 Å². The van der Waals surface area contributed by atoms with Crippen LogP contribution < -0.4 is 5.32 Å². The maximum atomic E-state index is 12.6. The van der Waals surface area contributed by atoms with Gasteiger partial charge in [-0.25, -0.2) is 9.48 Å². The van der Waals surface area contributed by atoms with Crippen molar-refractivity contribution < 1.29 is 9.90 Å². The fourth-order valence-electron chi connectivity index (χ4n) is 3.23. The monoisotopic (exact) mass is 328 g/mol. The molecule has 0 aliphatic carbocycles. The maximum absolute atomic E-state index is 12.6. The topological polar surface area (TPSA) is 70.4 Å². The van der Waals surface area contributed by atoms with E-state index in [0.717, 1.165) is 30.6 Å². The number of carbonyl (C=O) groups is 1. The molecule has 1 fully saturated rings. The average molecular weight is 328 g/mol. The molecule has 6 nitrogen and oxygen atoms in total. The maximum Gasteiger partial charge on any atom is 0.317 e. The summed E-state index contributed by atoms with van der Waals surface area (Å²) in [6.07, 6.45) is 5.56. The van der Waals surface area contributed by atoms with Crippen LogP contribution in [-0.4, -0.2) is 45.5 Å². The number of nitrogens with zero attached hydrogens (tertiary/aromatic N) is 3. The third-order valence-electron chi connectivity index (χ3n) is 4.56. The highest BCUT2D eigenvalue weighted by Gasteiger charge is 2.24. The number of aliphatic hydroxyl groups is 1. The minimum absolute atomic E-state index is 0.0732. The highest BCUT2D eigenvalue weighted by Crippen LogP contribution is 2.22. The van der Waals surface area contributed by atoms with Crippen LogP contribution in [0.5, 0.6) is 0 Å². The molecule has 2 amide bonds. The van der Waals surface area contributed by atoms with Crippen molar-refractivity contribution in [2.45, 2.75) is 25.8 Å². The quantitative estimate of drug-likeness (QED) is 0.905. The lowest BCUT2D eigenvalue weighted by atomic mass is 9.99. The number of aliphatic hydroxyl groups excluding tert-OH is 1. The summed E-state index contributed by atoms with van der Waals surface area (Å²) >= 11 is 0. The number of rotatable bonds is 4. The number of nitrogens with one attached hydrogen (secondary N) is 1. The minimum Gasteiger partial charge on any atom is -0.396 e. The number of hydrogen-bond donors (Lipinski definition) is 2.